The first kappa shape index (κ1) is 16.2. The van der Waals surface area contributed by atoms with Crippen LogP contribution in [0.25, 0.3) is 0 Å². The van der Waals surface area contributed by atoms with Gasteiger partial charge in [0.2, 0.25) is 0 Å². The van der Waals surface area contributed by atoms with Gasteiger partial charge in [-0.2, -0.15) is 18.3 Å². The molecule has 5 nitrogen and oxygen atoms in total. The van der Waals surface area contributed by atoms with E-state index in [1.54, 1.807) is 0 Å². The number of nitrogens with zero attached hydrogens (tertiary/aromatic N) is 1. The quantitative estimate of drug-likeness (QED) is 0.826. The first-order valence-electron chi connectivity index (χ1n) is 6.15. The Bertz CT molecular complexity index is 686. The predicted molar refractivity (Wildman–Crippen MR) is 75.3 cm³/mol. The molecule has 1 aromatic heterocycles. The van der Waals surface area contributed by atoms with Crippen molar-refractivity contribution in [3.05, 3.63) is 51.4 Å². The molecule has 0 atom stereocenters. The average Bonchev–Trinajstić information content (AvgIpc) is 2.47. The first-order chi connectivity index (χ1) is 10.4. The van der Waals surface area contributed by atoms with Crippen LogP contribution in [0.5, 0.6) is 5.75 Å². The van der Waals surface area contributed by atoms with E-state index in [1.165, 1.54) is 18.3 Å². The number of benzene rings is 1. The number of ether oxygens (including phenoxy) is 1. The summed E-state index contributed by atoms with van der Waals surface area (Å²) >= 11 is 5.76. The van der Waals surface area contributed by atoms with Gasteiger partial charge >= 0.3 is 6.18 Å². The van der Waals surface area contributed by atoms with Crippen LogP contribution in [0.3, 0.4) is 0 Å². The fourth-order valence-corrected chi connectivity index (χ4v) is 1.76. The Kier molecular flexibility index (Phi) is 4.92. The number of hydrogen-bond acceptors (Lipinski definition) is 4. The van der Waals surface area contributed by atoms with Gasteiger partial charge in [0.15, 0.2) is 0 Å². The summed E-state index contributed by atoms with van der Waals surface area (Å²) in [5, 5.41) is 8.57. The molecule has 0 saturated heterocycles. The van der Waals surface area contributed by atoms with E-state index in [0.717, 1.165) is 12.1 Å². The summed E-state index contributed by atoms with van der Waals surface area (Å²) in [6.45, 7) is 0.473. The van der Waals surface area contributed by atoms with Crippen molar-refractivity contribution in [2.45, 2.75) is 6.18 Å². The number of anilines is 1. The molecule has 9 heteroatoms. The fraction of sp³-hybridized carbons (Fsp3) is 0.231. The zero-order valence-corrected chi connectivity index (χ0v) is 11.8. The van der Waals surface area contributed by atoms with E-state index in [2.05, 4.69) is 15.5 Å². The number of rotatable bonds is 5. The smallest absolute Gasteiger partial charge is 0.416 e. The van der Waals surface area contributed by atoms with Crippen LogP contribution < -0.4 is 15.6 Å². The molecule has 0 radical (unpaired) electrons. The van der Waals surface area contributed by atoms with Gasteiger partial charge in [0.25, 0.3) is 5.56 Å². The van der Waals surface area contributed by atoms with Gasteiger partial charge in [-0.1, -0.05) is 11.6 Å². The number of nitrogens with one attached hydrogen (secondary N) is 2. The highest BCUT2D eigenvalue weighted by atomic mass is 35.5. The van der Waals surface area contributed by atoms with Crippen molar-refractivity contribution in [3.8, 4) is 5.75 Å². The SMILES string of the molecule is O=c1[nH]ncc(NCCOc2ccc(C(F)(F)F)cc2)c1Cl. The maximum Gasteiger partial charge on any atom is 0.416 e. The summed E-state index contributed by atoms with van der Waals surface area (Å²) in [6, 6.07) is 4.37. The lowest BCUT2D eigenvalue weighted by atomic mass is 10.2. The normalized spacial score (nSPS) is 11.3. The second-order valence-electron chi connectivity index (χ2n) is 4.22. The van der Waals surface area contributed by atoms with Gasteiger partial charge in [-0.3, -0.25) is 4.79 Å². The van der Waals surface area contributed by atoms with Crippen molar-refractivity contribution in [2.24, 2.45) is 0 Å². The maximum atomic E-state index is 12.4. The molecule has 22 heavy (non-hydrogen) atoms. The molecule has 0 bridgehead atoms. The minimum atomic E-state index is -4.37. The third-order valence-electron chi connectivity index (χ3n) is 2.66. The van der Waals surface area contributed by atoms with Gasteiger partial charge < -0.3 is 10.1 Å². The third kappa shape index (κ3) is 4.14. The van der Waals surface area contributed by atoms with Gasteiger partial charge in [-0.15, -0.1) is 0 Å². The Hall–Kier alpha value is -2.22. The topological polar surface area (TPSA) is 67.0 Å². The van der Waals surface area contributed by atoms with Crippen LogP contribution in [0.4, 0.5) is 18.9 Å². The molecule has 2 aromatic rings. The molecular weight excluding hydrogens is 323 g/mol. The fourth-order valence-electron chi connectivity index (χ4n) is 1.60. The summed E-state index contributed by atoms with van der Waals surface area (Å²) in [5.74, 6) is 0.310. The van der Waals surface area contributed by atoms with Crippen LogP contribution in [0.2, 0.25) is 5.02 Å². The molecule has 1 heterocycles. The summed E-state index contributed by atoms with van der Waals surface area (Å²) in [4.78, 5) is 11.2. The molecule has 2 N–H and O–H groups in total. The lowest BCUT2D eigenvalue weighted by Crippen LogP contribution is -2.16. The highest BCUT2D eigenvalue weighted by molar-refractivity contribution is 6.32. The van der Waals surface area contributed by atoms with Gasteiger partial charge in [0.1, 0.15) is 17.4 Å². The summed E-state index contributed by atoms with van der Waals surface area (Å²) < 4.78 is 42.4. The van der Waals surface area contributed by atoms with E-state index >= 15 is 0 Å². The minimum Gasteiger partial charge on any atom is -0.492 e. The zero-order chi connectivity index (χ0) is 16.2. The van der Waals surface area contributed by atoms with Gasteiger partial charge in [0, 0.05) is 6.54 Å². The molecule has 0 saturated carbocycles. The van der Waals surface area contributed by atoms with Crippen LogP contribution >= 0.6 is 11.6 Å². The number of aromatic nitrogens is 2. The van der Waals surface area contributed by atoms with Crippen LogP contribution in [0.1, 0.15) is 5.56 Å². The lowest BCUT2D eigenvalue weighted by molar-refractivity contribution is -0.137. The molecule has 0 fully saturated rings. The Morgan fingerprint density at radius 1 is 1.27 bits per heavy atom. The average molecular weight is 334 g/mol. The molecule has 0 unspecified atom stereocenters. The van der Waals surface area contributed by atoms with Crippen LogP contribution in [0, 0.1) is 0 Å². The Labute approximate surface area is 128 Å². The van der Waals surface area contributed by atoms with Crippen LogP contribution in [-0.2, 0) is 6.18 Å². The third-order valence-corrected chi connectivity index (χ3v) is 3.04. The number of aromatic amines is 1. The summed E-state index contributed by atoms with van der Waals surface area (Å²) in [6.07, 6.45) is -3.02. The zero-order valence-electron chi connectivity index (χ0n) is 11.1. The van der Waals surface area contributed by atoms with E-state index < -0.39 is 17.3 Å². The van der Waals surface area contributed by atoms with Gasteiger partial charge in [-0.05, 0) is 24.3 Å². The van der Waals surface area contributed by atoms with Crippen LogP contribution in [0.15, 0.2) is 35.3 Å². The number of halogens is 4. The molecule has 0 aliphatic heterocycles. The minimum absolute atomic E-state index is 0.0236. The Balaban J connectivity index is 1.84. The van der Waals surface area contributed by atoms with E-state index in [9.17, 15) is 18.0 Å². The van der Waals surface area contributed by atoms with E-state index in [1.807, 2.05) is 0 Å². The monoisotopic (exact) mass is 333 g/mol. The van der Waals surface area contributed by atoms with Gasteiger partial charge in [0.05, 0.1) is 17.4 Å². The maximum absolute atomic E-state index is 12.4. The van der Waals surface area contributed by atoms with Crippen molar-refractivity contribution in [3.63, 3.8) is 0 Å². The summed E-state index contributed by atoms with van der Waals surface area (Å²) in [5.41, 5.74) is -0.906. The lowest BCUT2D eigenvalue weighted by Gasteiger charge is -2.10. The van der Waals surface area contributed by atoms with E-state index in [4.69, 9.17) is 16.3 Å². The molecule has 0 amide bonds. The molecule has 2 rings (SSSR count). The molecular formula is C13H11ClF3N3O2. The largest absolute Gasteiger partial charge is 0.492 e. The van der Waals surface area contributed by atoms with Crippen molar-refractivity contribution < 1.29 is 17.9 Å². The molecule has 0 aliphatic carbocycles. The molecule has 1 aromatic carbocycles. The molecule has 0 spiro atoms. The van der Waals surface area contributed by atoms with Crippen LogP contribution in [-0.4, -0.2) is 23.3 Å². The first-order valence-corrected chi connectivity index (χ1v) is 6.53. The Morgan fingerprint density at radius 2 is 1.95 bits per heavy atom. The van der Waals surface area contributed by atoms with E-state index in [-0.39, 0.29) is 11.6 Å². The molecule has 0 aliphatic rings. The van der Waals surface area contributed by atoms with Crippen molar-refractivity contribution in [1.29, 1.82) is 0 Å². The number of hydrogen-bond donors (Lipinski definition) is 2. The highest BCUT2D eigenvalue weighted by Gasteiger charge is 2.29. The Morgan fingerprint density at radius 3 is 2.59 bits per heavy atom. The van der Waals surface area contributed by atoms with Crippen molar-refractivity contribution in [2.75, 3.05) is 18.5 Å². The number of H-pyrrole nitrogens is 1. The second-order valence-corrected chi connectivity index (χ2v) is 4.60. The highest BCUT2D eigenvalue weighted by Crippen LogP contribution is 2.30. The summed E-state index contributed by atoms with van der Waals surface area (Å²) in [7, 11) is 0. The standard InChI is InChI=1S/C13H11ClF3N3O2/c14-11-10(7-19-20-12(11)21)18-5-6-22-9-3-1-8(2-4-9)13(15,16)17/h1-4,7H,5-6H2,(H2,18,20,21). The van der Waals surface area contributed by atoms with Crippen molar-refractivity contribution in [1.82, 2.24) is 10.2 Å². The number of alkyl halides is 3. The predicted octanol–water partition coefficient (Wildman–Crippen LogP) is 2.93. The molecule has 118 valence electrons. The van der Waals surface area contributed by atoms with Crippen molar-refractivity contribution >= 4 is 17.3 Å². The van der Waals surface area contributed by atoms with E-state index in [0.29, 0.717) is 18.0 Å². The second kappa shape index (κ2) is 6.69. The van der Waals surface area contributed by atoms with Gasteiger partial charge in [-0.25, -0.2) is 5.10 Å².